The molecule has 132 valence electrons. The summed E-state index contributed by atoms with van der Waals surface area (Å²) in [5.74, 6) is -0.282. The Kier molecular flexibility index (Phi) is 7.28. The molecule has 3 amide bonds. The number of rotatable bonds is 6. The molecule has 0 aliphatic heterocycles. The molecule has 3 N–H and O–H groups in total. The van der Waals surface area contributed by atoms with Crippen LogP contribution in [0.25, 0.3) is 0 Å². The number of amides is 3. The number of carbonyl (C=O) groups is 2. The van der Waals surface area contributed by atoms with Gasteiger partial charge in [0.25, 0.3) is 0 Å². The molecule has 0 bridgehead atoms. The normalized spacial score (nSPS) is 10.2. The average molecular weight is 425 g/mol. The molecule has 7 heteroatoms. The topological polar surface area (TPSA) is 70.2 Å². The fourth-order valence-electron chi connectivity index (χ4n) is 2.20. The molecule has 2 aromatic carbocycles. The Balaban J connectivity index is 1.69. The van der Waals surface area contributed by atoms with E-state index in [1.165, 1.54) is 0 Å². The Bertz CT molecular complexity index is 768. The smallest absolute Gasteiger partial charge is 0.315 e. The van der Waals surface area contributed by atoms with Crippen LogP contribution in [0.1, 0.15) is 11.1 Å². The van der Waals surface area contributed by atoms with E-state index in [9.17, 15) is 9.59 Å². The van der Waals surface area contributed by atoms with Gasteiger partial charge in [0.1, 0.15) is 0 Å². The van der Waals surface area contributed by atoms with E-state index in [1.54, 1.807) is 6.07 Å². The number of benzene rings is 2. The third-order valence-corrected chi connectivity index (χ3v) is 4.19. The summed E-state index contributed by atoms with van der Waals surface area (Å²) in [6.45, 7) is 2.26. The number of halogens is 2. The second kappa shape index (κ2) is 9.44. The van der Waals surface area contributed by atoms with Gasteiger partial charge in [-0.15, -0.1) is 0 Å². The molecule has 2 aromatic rings. The van der Waals surface area contributed by atoms with E-state index in [4.69, 9.17) is 11.6 Å². The average Bonchev–Trinajstić information content (AvgIpc) is 2.56. The van der Waals surface area contributed by atoms with Gasteiger partial charge < -0.3 is 16.0 Å². The van der Waals surface area contributed by atoms with Crippen LogP contribution in [-0.2, 0) is 11.2 Å². The molecule has 25 heavy (non-hydrogen) atoms. The first-order valence-electron chi connectivity index (χ1n) is 7.76. The minimum absolute atomic E-state index is 0.0987. The highest BCUT2D eigenvalue weighted by Gasteiger charge is 2.07. The molecule has 0 unspecified atom stereocenters. The number of hydrogen-bond donors (Lipinski definition) is 3. The number of urea groups is 1. The van der Waals surface area contributed by atoms with Gasteiger partial charge in [0.15, 0.2) is 0 Å². The zero-order chi connectivity index (χ0) is 18.2. The Morgan fingerprint density at radius 3 is 2.64 bits per heavy atom. The molecule has 0 aliphatic carbocycles. The largest absolute Gasteiger partial charge is 0.338 e. The van der Waals surface area contributed by atoms with Crippen LogP contribution >= 0.6 is 27.5 Å². The van der Waals surface area contributed by atoms with E-state index in [-0.39, 0.29) is 18.5 Å². The molecule has 0 radical (unpaired) electrons. The number of aryl methyl sites for hydroxylation is 1. The number of hydrogen-bond acceptors (Lipinski definition) is 2. The SMILES string of the molecule is Cc1cc(Br)ccc1NC(=O)CNC(=O)NCCc1cccc(Cl)c1. The zero-order valence-electron chi connectivity index (χ0n) is 13.7. The molecule has 0 fully saturated rings. The van der Waals surface area contributed by atoms with Gasteiger partial charge in [-0.25, -0.2) is 4.79 Å². The summed E-state index contributed by atoms with van der Waals surface area (Å²) >= 11 is 9.28. The van der Waals surface area contributed by atoms with Gasteiger partial charge in [0.2, 0.25) is 5.91 Å². The maximum Gasteiger partial charge on any atom is 0.315 e. The van der Waals surface area contributed by atoms with Crippen LogP contribution < -0.4 is 16.0 Å². The first-order chi connectivity index (χ1) is 11.9. The molecular weight excluding hydrogens is 406 g/mol. The highest BCUT2D eigenvalue weighted by molar-refractivity contribution is 9.10. The molecular formula is C18H19BrClN3O2. The maximum atomic E-state index is 11.9. The number of carbonyl (C=O) groups excluding carboxylic acids is 2. The first-order valence-corrected chi connectivity index (χ1v) is 8.93. The maximum absolute atomic E-state index is 11.9. The van der Waals surface area contributed by atoms with Crippen molar-refractivity contribution in [2.45, 2.75) is 13.3 Å². The fourth-order valence-corrected chi connectivity index (χ4v) is 2.89. The second-order valence-corrected chi connectivity index (χ2v) is 6.85. The minimum atomic E-state index is -0.385. The standard InChI is InChI=1S/C18H19BrClN3O2/c1-12-9-14(19)5-6-16(12)23-17(24)11-22-18(25)21-8-7-13-3-2-4-15(20)10-13/h2-6,9-10H,7-8,11H2,1H3,(H,23,24)(H2,21,22,25). The number of nitrogens with one attached hydrogen (secondary N) is 3. The van der Waals surface area contributed by atoms with E-state index >= 15 is 0 Å². The lowest BCUT2D eigenvalue weighted by molar-refractivity contribution is -0.115. The molecule has 0 heterocycles. The lowest BCUT2D eigenvalue weighted by Crippen LogP contribution is -2.40. The Hall–Kier alpha value is -2.05. The molecule has 0 spiro atoms. The van der Waals surface area contributed by atoms with Gasteiger partial charge in [-0.1, -0.05) is 39.7 Å². The summed E-state index contributed by atoms with van der Waals surface area (Å²) in [5.41, 5.74) is 2.70. The van der Waals surface area contributed by atoms with Crippen molar-refractivity contribution in [1.82, 2.24) is 10.6 Å². The zero-order valence-corrected chi connectivity index (χ0v) is 16.1. The second-order valence-electron chi connectivity index (χ2n) is 5.50. The molecule has 0 saturated heterocycles. The third-order valence-electron chi connectivity index (χ3n) is 3.46. The van der Waals surface area contributed by atoms with Gasteiger partial charge in [-0.05, 0) is 54.8 Å². The number of anilines is 1. The van der Waals surface area contributed by atoms with Crippen molar-refractivity contribution in [3.63, 3.8) is 0 Å². The van der Waals surface area contributed by atoms with Crippen LogP contribution in [0.5, 0.6) is 0 Å². The van der Waals surface area contributed by atoms with Crippen molar-refractivity contribution in [1.29, 1.82) is 0 Å². The lowest BCUT2D eigenvalue weighted by atomic mass is 10.1. The van der Waals surface area contributed by atoms with E-state index in [0.29, 0.717) is 18.0 Å². The van der Waals surface area contributed by atoms with Crippen molar-refractivity contribution in [3.05, 3.63) is 63.1 Å². The summed E-state index contributed by atoms with van der Waals surface area (Å²) in [6.07, 6.45) is 0.665. The van der Waals surface area contributed by atoms with Crippen molar-refractivity contribution in [2.75, 3.05) is 18.4 Å². The van der Waals surface area contributed by atoms with Crippen LogP contribution in [0.4, 0.5) is 10.5 Å². The summed E-state index contributed by atoms with van der Waals surface area (Å²) < 4.78 is 0.945. The highest BCUT2D eigenvalue weighted by Crippen LogP contribution is 2.19. The van der Waals surface area contributed by atoms with Crippen molar-refractivity contribution in [3.8, 4) is 0 Å². The van der Waals surface area contributed by atoms with Crippen LogP contribution in [0.15, 0.2) is 46.9 Å². The monoisotopic (exact) mass is 423 g/mol. The summed E-state index contributed by atoms with van der Waals surface area (Å²) in [4.78, 5) is 23.6. The van der Waals surface area contributed by atoms with Crippen LogP contribution in [-0.4, -0.2) is 25.0 Å². The van der Waals surface area contributed by atoms with Crippen LogP contribution in [0.3, 0.4) is 0 Å². The van der Waals surface area contributed by atoms with E-state index < -0.39 is 0 Å². The van der Waals surface area contributed by atoms with E-state index in [1.807, 2.05) is 43.3 Å². The van der Waals surface area contributed by atoms with Crippen LogP contribution in [0.2, 0.25) is 5.02 Å². The highest BCUT2D eigenvalue weighted by atomic mass is 79.9. The van der Waals surface area contributed by atoms with Crippen molar-refractivity contribution < 1.29 is 9.59 Å². The predicted molar refractivity (Wildman–Crippen MR) is 104 cm³/mol. The Labute approximate surface area is 160 Å². The molecule has 0 atom stereocenters. The molecule has 0 aliphatic rings. The molecule has 2 rings (SSSR count). The van der Waals surface area contributed by atoms with Crippen molar-refractivity contribution >= 4 is 45.2 Å². The van der Waals surface area contributed by atoms with Gasteiger partial charge in [0, 0.05) is 21.7 Å². The Morgan fingerprint density at radius 2 is 1.92 bits per heavy atom. The van der Waals surface area contributed by atoms with Crippen molar-refractivity contribution in [2.24, 2.45) is 0 Å². The summed E-state index contributed by atoms with van der Waals surface area (Å²) in [5, 5.41) is 8.68. The van der Waals surface area contributed by atoms with Gasteiger partial charge in [-0.3, -0.25) is 4.79 Å². The first kappa shape index (κ1) is 19.3. The van der Waals surface area contributed by atoms with Gasteiger partial charge in [-0.2, -0.15) is 0 Å². The lowest BCUT2D eigenvalue weighted by Gasteiger charge is -2.10. The van der Waals surface area contributed by atoms with Gasteiger partial charge >= 0.3 is 6.03 Å². The summed E-state index contributed by atoms with van der Waals surface area (Å²) in [7, 11) is 0. The summed E-state index contributed by atoms with van der Waals surface area (Å²) in [6, 6.07) is 12.6. The third kappa shape index (κ3) is 6.76. The predicted octanol–water partition coefficient (Wildman–Crippen LogP) is 3.89. The minimum Gasteiger partial charge on any atom is -0.338 e. The van der Waals surface area contributed by atoms with Gasteiger partial charge in [0.05, 0.1) is 6.54 Å². The fraction of sp³-hybridized carbons (Fsp3) is 0.222. The quantitative estimate of drug-likeness (QED) is 0.658. The van der Waals surface area contributed by atoms with Crippen LogP contribution in [0, 0.1) is 6.92 Å². The molecule has 0 saturated carbocycles. The molecule has 5 nitrogen and oxygen atoms in total. The Morgan fingerprint density at radius 1 is 1.12 bits per heavy atom. The molecule has 0 aromatic heterocycles. The van der Waals surface area contributed by atoms with E-state index in [2.05, 4.69) is 31.9 Å². The van der Waals surface area contributed by atoms with E-state index in [0.717, 1.165) is 21.3 Å².